The Morgan fingerprint density at radius 2 is 2.42 bits per heavy atom. The highest BCUT2D eigenvalue weighted by Gasteiger charge is 2.17. The van der Waals surface area contributed by atoms with E-state index in [2.05, 4.69) is 10.5 Å². The molecule has 106 valence electrons. The van der Waals surface area contributed by atoms with Gasteiger partial charge in [0.25, 0.3) is 0 Å². The fraction of sp³-hybridized carbons (Fsp3) is 0.692. The van der Waals surface area contributed by atoms with E-state index in [0.29, 0.717) is 18.1 Å². The van der Waals surface area contributed by atoms with Crippen molar-refractivity contribution in [1.82, 2.24) is 10.1 Å². The third kappa shape index (κ3) is 4.65. The van der Waals surface area contributed by atoms with Crippen molar-refractivity contribution in [3.8, 4) is 0 Å². The van der Waals surface area contributed by atoms with Crippen LogP contribution in [0, 0.1) is 6.92 Å². The third-order valence-corrected chi connectivity index (χ3v) is 3.10. The molecule has 0 radical (unpaired) electrons. The van der Waals surface area contributed by atoms with Crippen molar-refractivity contribution < 1.29 is 14.1 Å². The molecule has 1 N–H and O–H groups in total. The van der Waals surface area contributed by atoms with Gasteiger partial charge in [-0.3, -0.25) is 9.69 Å². The first-order valence-electron chi connectivity index (χ1n) is 6.67. The van der Waals surface area contributed by atoms with E-state index in [0.717, 1.165) is 26.0 Å². The summed E-state index contributed by atoms with van der Waals surface area (Å²) in [4.78, 5) is 13.8. The molecule has 1 aliphatic heterocycles. The lowest BCUT2D eigenvalue weighted by Gasteiger charge is -2.26. The smallest absolute Gasteiger partial charge is 0.239 e. The van der Waals surface area contributed by atoms with E-state index in [1.165, 1.54) is 6.42 Å². The second kappa shape index (κ2) is 6.68. The van der Waals surface area contributed by atoms with Crippen molar-refractivity contribution in [2.45, 2.75) is 32.3 Å². The summed E-state index contributed by atoms with van der Waals surface area (Å²) in [7, 11) is 1.92. The highest BCUT2D eigenvalue weighted by molar-refractivity contribution is 5.91. The van der Waals surface area contributed by atoms with Crippen LogP contribution in [0.5, 0.6) is 0 Å². The average molecular weight is 267 g/mol. The molecule has 1 aromatic heterocycles. The summed E-state index contributed by atoms with van der Waals surface area (Å²) >= 11 is 0. The lowest BCUT2D eigenvalue weighted by atomic mass is 10.1. The van der Waals surface area contributed by atoms with Crippen LogP contribution in [0.4, 0.5) is 5.82 Å². The number of nitrogens with one attached hydrogen (secondary N) is 1. The minimum atomic E-state index is -0.0911. The molecule has 0 spiro atoms. The van der Waals surface area contributed by atoms with Gasteiger partial charge in [-0.15, -0.1) is 0 Å². The highest BCUT2D eigenvalue weighted by Crippen LogP contribution is 2.13. The van der Waals surface area contributed by atoms with Crippen LogP contribution in [0.3, 0.4) is 0 Å². The number of hydrogen-bond acceptors (Lipinski definition) is 5. The highest BCUT2D eigenvalue weighted by atomic mass is 16.5. The first-order chi connectivity index (χ1) is 9.13. The van der Waals surface area contributed by atoms with Gasteiger partial charge in [-0.05, 0) is 33.2 Å². The third-order valence-electron chi connectivity index (χ3n) is 3.10. The van der Waals surface area contributed by atoms with Gasteiger partial charge in [-0.1, -0.05) is 5.16 Å². The molecule has 2 heterocycles. The van der Waals surface area contributed by atoms with Gasteiger partial charge >= 0.3 is 0 Å². The molecule has 0 bridgehead atoms. The van der Waals surface area contributed by atoms with Crippen LogP contribution in [-0.4, -0.2) is 48.8 Å². The number of carbonyl (C=O) groups is 1. The largest absolute Gasteiger partial charge is 0.377 e. The normalized spacial score (nSPS) is 19.6. The topological polar surface area (TPSA) is 67.6 Å². The number of hydrogen-bond donors (Lipinski definition) is 1. The van der Waals surface area contributed by atoms with E-state index in [4.69, 9.17) is 9.26 Å². The number of aryl methyl sites for hydroxylation is 1. The molecule has 6 nitrogen and oxygen atoms in total. The van der Waals surface area contributed by atoms with Gasteiger partial charge in [-0.2, -0.15) is 0 Å². The lowest BCUT2D eigenvalue weighted by Crippen LogP contribution is -2.37. The van der Waals surface area contributed by atoms with E-state index in [1.54, 1.807) is 13.0 Å². The summed E-state index contributed by atoms with van der Waals surface area (Å²) in [5, 5.41) is 6.43. The number of likely N-dealkylation sites (N-methyl/N-ethyl adjacent to an activating group) is 1. The molecule has 6 heteroatoms. The maximum atomic E-state index is 11.8. The Hall–Kier alpha value is -1.40. The molecule has 1 aromatic rings. The molecule has 1 aliphatic rings. The summed E-state index contributed by atoms with van der Waals surface area (Å²) in [6.45, 7) is 3.73. The van der Waals surface area contributed by atoms with E-state index in [9.17, 15) is 4.79 Å². The van der Waals surface area contributed by atoms with Crippen LogP contribution < -0.4 is 5.32 Å². The van der Waals surface area contributed by atoms with Crippen LogP contribution in [0.2, 0.25) is 0 Å². The van der Waals surface area contributed by atoms with Crippen LogP contribution in [0.15, 0.2) is 10.6 Å². The molecule has 1 saturated heterocycles. The summed E-state index contributed by atoms with van der Waals surface area (Å²) in [6.07, 6.45) is 3.68. The van der Waals surface area contributed by atoms with Crippen LogP contribution in [0.1, 0.15) is 25.0 Å². The quantitative estimate of drug-likeness (QED) is 0.874. The van der Waals surface area contributed by atoms with E-state index < -0.39 is 0 Å². The van der Waals surface area contributed by atoms with Gasteiger partial charge in [-0.25, -0.2) is 0 Å². The molecule has 1 atom stereocenters. The van der Waals surface area contributed by atoms with Gasteiger partial charge in [0.05, 0.1) is 12.6 Å². The zero-order valence-corrected chi connectivity index (χ0v) is 11.5. The van der Waals surface area contributed by atoms with Crippen LogP contribution in [-0.2, 0) is 9.53 Å². The van der Waals surface area contributed by atoms with E-state index >= 15 is 0 Å². The Morgan fingerprint density at radius 3 is 3.05 bits per heavy atom. The Morgan fingerprint density at radius 1 is 1.58 bits per heavy atom. The van der Waals surface area contributed by atoms with Crippen molar-refractivity contribution >= 4 is 11.7 Å². The summed E-state index contributed by atoms with van der Waals surface area (Å²) in [5.41, 5.74) is 0. The maximum absolute atomic E-state index is 11.8. The Bertz CT molecular complexity index is 413. The standard InChI is InChI=1S/C13H21N3O3/c1-10-7-12(15-19-10)14-13(17)9-16(2)8-11-5-3-4-6-18-11/h7,11H,3-6,8-9H2,1-2H3,(H,14,15,17). The molecule has 2 rings (SSSR count). The number of rotatable bonds is 5. The number of ether oxygens (including phenoxy) is 1. The fourth-order valence-corrected chi connectivity index (χ4v) is 2.22. The van der Waals surface area contributed by atoms with Gasteiger partial charge in [0.15, 0.2) is 5.82 Å². The van der Waals surface area contributed by atoms with Gasteiger partial charge in [0.1, 0.15) is 5.76 Å². The molecule has 0 aliphatic carbocycles. The van der Waals surface area contributed by atoms with E-state index in [-0.39, 0.29) is 12.0 Å². The van der Waals surface area contributed by atoms with Crippen molar-refractivity contribution in [3.05, 3.63) is 11.8 Å². The number of nitrogens with zero attached hydrogens (tertiary/aromatic N) is 2. The van der Waals surface area contributed by atoms with Gasteiger partial charge in [0.2, 0.25) is 5.91 Å². The first-order valence-corrected chi connectivity index (χ1v) is 6.67. The number of aromatic nitrogens is 1. The van der Waals surface area contributed by atoms with Gasteiger partial charge < -0.3 is 14.6 Å². The summed E-state index contributed by atoms with van der Waals surface area (Å²) in [5.74, 6) is 1.05. The second-order valence-electron chi connectivity index (χ2n) is 5.06. The van der Waals surface area contributed by atoms with E-state index in [1.807, 2.05) is 11.9 Å². The fourth-order valence-electron chi connectivity index (χ4n) is 2.22. The lowest BCUT2D eigenvalue weighted by molar-refractivity contribution is -0.117. The maximum Gasteiger partial charge on any atom is 0.239 e. The zero-order chi connectivity index (χ0) is 13.7. The minimum absolute atomic E-state index is 0.0911. The molecular formula is C13H21N3O3. The number of anilines is 1. The van der Waals surface area contributed by atoms with Crippen molar-refractivity contribution in [2.75, 3.05) is 32.1 Å². The summed E-state index contributed by atoms with van der Waals surface area (Å²) < 4.78 is 10.5. The minimum Gasteiger partial charge on any atom is -0.377 e. The second-order valence-corrected chi connectivity index (χ2v) is 5.06. The first kappa shape index (κ1) is 14.0. The molecule has 0 aromatic carbocycles. The summed E-state index contributed by atoms with van der Waals surface area (Å²) in [6, 6.07) is 1.70. The monoisotopic (exact) mass is 267 g/mol. The number of carbonyl (C=O) groups excluding carboxylic acids is 1. The van der Waals surface area contributed by atoms with Crippen LogP contribution in [0.25, 0.3) is 0 Å². The zero-order valence-electron chi connectivity index (χ0n) is 11.5. The van der Waals surface area contributed by atoms with Crippen LogP contribution >= 0.6 is 0 Å². The predicted octanol–water partition coefficient (Wildman–Crippen LogP) is 1.42. The molecule has 1 fully saturated rings. The van der Waals surface area contributed by atoms with Crippen molar-refractivity contribution in [3.63, 3.8) is 0 Å². The molecule has 19 heavy (non-hydrogen) atoms. The van der Waals surface area contributed by atoms with Crippen molar-refractivity contribution in [2.24, 2.45) is 0 Å². The Kier molecular flexibility index (Phi) is 4.93. The molecule has 0 saturated carbocycles. The van der Waals surface area contributed by atoms with Gasteiger partial charge in [0, 0.05) is 19.2 Å². The molecule has 1 amide bonds. The SMILES string of the molecule is Cc1cc(NC(=O)CN(C)CC2CCCCO2)no1. The average Bonchev–Trinajstić information content (AvgIpc) is 2.75. The number of amides is 1. The predicted molar refractivity (Wildman–Crippen MR) is 71.0 cm³/mol. The Labute approximate surface area is 113 Å². The molecular weight excluding hydrogens is 246 g/mol. The Balaban J connectivity index is 1.71. The van der Waals surface area contributed by atoms with Crippen molar-refractivity contribution in [1.29, 1.82) is 0 Å². The molecule has 1 unspecified atom stereocenters.